The number of nitrogens with one attached hydrogen (secondary N) is 2. The number of methoxy groups -OCH3 is 1. The third kappa shape index (κ3) is 3.50. The third-order valence-electron chi connectivity index (χ3n) is 1.65. The molecule has 0 saturated carbocycles. The van der Waals surface area contributed by atoms with E-state index in [1.807, 2.05) is 22.6 Å². The van der Waals surface area contributed by atoms with Crippen molar-refractivity contribution in [1.29, 1.82) is 0 Å². The van der Waals surface area contributed by atoms with Gasteiger partial charge < -0.3 is 15.0 Å². The highest BCUT2D eigenvalue weighted by Crippen LogP contribution is 2.08. The number of hydrogen-bond acceptors (Lipinski definition) is 5. The van der Waals surface area contributed by atoms with Gasteiger partial charge in [-0.15, -0.1) is 0 Å². The number of anilines is 1. The minimum absolute atomic E-state index is 0.203. The summed E-state index contributed by atoms with van der Waals surface area (Å²) >= 11 is 1.89. The van der Waals surface area contributed by atoms with E-state index in [1.54, 1.807) is 0 Å². The summed E-state index contributed by atoms with van der Waals surface area (Å²) in [6, 6.07) is 0. The molecule has 7 heteroatoms. The number of H-pyrrole nitrogens is 1. The van der Waals surface area contributed by atoms with Crippen LogP contribution in [0.3, 0.4) is 0 Å². The lowest BCUT2D eigenvalue weighted by molar-refractivity contribution is -0.140. The summed E-state index contributed by atoms with van der Waals surface area (Å²) in [5.41, 5.74) is -0.203. The molecular formula is C8H10IN3O3. The highest BCUT2D eigenvalue weighted by Gasteiger charge is 2.05. The molecule has 0 fully saturated rings. The van der Waals surface area contributed by atoms with Crippen molar-refractivity contribution in [2.24, 2.45) is 0 Å². The lowest BCUT2D eigenvalue weighted by Gasteiger charge is -2.05. The normalized spacial score (nSPS) is 9.73. The Kier molecular flexibility index (Phi) is 4.53. The Morgan fingerprint density at radius 1 is 1.73 bits per heavy atom. The first kappa shape index (κ1) is 12.0. The van der Waals surface area contributed by atoms with Gasteiger partial charge in [0.25, 0.3) is 5.56 Å². The van der Waals surface area contributed by atoms with E-state index in [0.717, 1.165) is 0 Å². The van der Waals surface area contributed by atoms with Crippen LogP contribution in [0.1, 0.15) is 6.42 Å². The molecule has 0 saturated heterocycles. The molecule has 2 N–H and O–H groups in total. The monoisotopic (exact) mass is 323 g/mol. The minimum Gasteiger partial charge on any atom is -0.469 e. The van der Waals surface area contributed by atoms with Crippen molar-refractivity contribution >= 4 is 34.4 Å². The number of aromatic amines is 1. The van der Waals surface area contributed by atoms with Crippen LogP contribution >= 0.6 is 22.6 Å². The fourth-order valence-electron chi connectivity index (χ4n) is 0.891. The Labute approximate surface area is 99.6 Å². The van der Waals surface area contributed by atoms with Crippen LogP contribution in [0, 0.1) is 3.57 Å². The molecule has 82 valence electrons. The summed E-state index contributed by atoms with van der Waals surface area (Å²) in [4.78, 5) is 28.3. The number of carbonyl (C=O) groups excluding carboxylic acids is 1. The highest BCUT2D eigenvalue weighted by atomic mass is 127. The first-order valence-corrected chi connectivity index (χ1v) is 5.27. The molecule has 0 aliphatic heterocycles. The van der Waals surface area contributed by atoms with Gasteiger partial charge >= 0.3 is 5.97 Å². The largest absolute Gasteiger partial charge is 0.469 e. The average molecular weight is 323 g/mol. The maximum atomic E-state index is 11.2. The van der Waals surface area contributed by atoms with Crippen LogP contribution in [0.2, 0.25) is 0 Å². The van der Waals surface area contributed by atoms with Crippen molar-refractivity contribution in [3.63, 3.8) is 0 Å². The van der Waals surface area contributed by atoms with Gasteiger partial charge in [0.15, 0.2) is 0 Å². The zero-order chi connectivity index (χ0) is 11.3. The molecule has 1 aromatic rings. The number of rotatable bonds is 4. The molecule has 0 bridgehead atoms. The van der Waals surface area contributed by atoms with Gasteiger partial charge in [-0.1, -0.05) is 0 Å². The quantitative estimate of drug-likeness (QED) is 0.617. The molecule has 1 heterocycles. The van der Waals surface area contributed by atoms with E-state index in [2.05, 4.69) is 20.0 Å². The molecule has 0 aliphatic carbocycles. The number of hydrogen-bond donors (Lipinski definition) is 2. The predicted octanol–water partition coefficient (Wildman–Crippen LogP) is 0.350. The van der Waals surface area contributed by atoms with Gasteiger partial charge in [-0.3, -0.25) is 9.59 Å². The number of nitrogens with zero attached hydrogens (tertiary/aromatic N) is 1. The summed E-state index contributed by atoms with van der Waals surface area (Å²) in [5, 5.41) is 2.88. The molecule has 1 rings (SSSR count). The van der Waals surface area contributed by atoms with Crippen LogP contribution in [0.5, 0.6) is 0 Å². The molecule has 6 nitrogen and oxygen atoms in total. The summed E-state index contributed by atoms with van der Waals surface area (Å²) in [6.07, 6.45) is 1.55. The van der Waals surface area contributed by atoms with Crippen LogP contribution in [-0.4, -0.2) is 29.6 Å². The van der Waals surface area contributed by atoms with Crippen LogP contribution < -0.4 is 10.9 Å². The Hall–Kier alpha value is -1.12. The number of ether oxygens (including phenoxy) is 1. The molecule has 1 aromatic heterocycles. The fraction of sp³-hybridized carbons (Fsp3) is 0.375. The average Bonchev–Trinajstić information content (AvgIpc) is 2.24. The SMILES string of the molecule is COC(=O)CCNc1nc[nH]c(=O)c1I. The van der Waals surface area contributed by atoms with Crippen molar-refractivity contribution in [3.05, 3.63) is 20.3 Å². The topological polar surface area (TPSA) is 84.1 Å². The van der Waals surface area contributed by atoms with E-state index in [0.29, 0.717) is 15.9 Å². The van der Waals surface area contributed by atoms with Gasteiger partial charge in [0.1, 0.15) is 9.39 Å². The van der Waals surface area contributed by atoms with Crippen LogP contribution in [0.25, 0.3) is 0 Å². The van der Waals surface area contributed by atoms with Crippen LogP contribution in [-0.2, 0) is 9.53 Å². The molecule has 0 aromatic carbocycles. The highest BCUT2D eigenvalue weighted by molar-refractivity contribution is 14.1. The van der Waals surface area contributed by atoms with Crippen molar-refractivity contribution < 1.29 is 9.53 Å². The number of carbonyl (C=O) groups is 1. The summed E-state index contributed by atoms with van der Waals surface area (Å²) < 4.78 is 4.95. The van der Waals surface area contributed by atoms with Gasteiger partial charge in [0.2, 0.25) is 0 Å². The van der Waals surface area contributed by atoms with E-state index < -0.39 is 0 Å². The van der Waals surface area contributed by atoms with Crippen molar-refractivity contribution in [2.75, 3.05) is 19.0 Å². The predicted molar refractivity (Wildman–Crippen MR) is 62.7 cm³/mol. The second-order valence-corrected chi connectivity index (χ2v) is 3.73. The molecule has 0 amide bonds. The Balaban J connectivity index is 2.55. The number of aromatic nitrogens is 2. The molecule has 15 heavy (non-hydrogen) atoms. The number of esters is 1. The van der Waals surface area contributed by atoms with Gasteiger partial charge in [0.05, 0.1) is 19.9 Å². The standard InChI is InChI=1S/C8H10IN3O3/c1-15-5(13)2-3-10-7-6(9)8(14)12-4-11-7/h4H,2-3H2,1H3,(H2,10,11,12,14). The van der Waals surface area contributed by atoms with Gasteiger partial charge in [-0.25, -0.2) is 4.98 Å². The minimum atomic E-state index is -0.303. The Morgan fingerprint density at radius 2 is 2.47 bits per heavy atom. The van der Waals surface area contributed by atoms with E-state index in [9.17, 15) is 9.59 Å². The lowest BCUT2D eigenvalue weighted by Crippen LogP contribution is -2.17. The maximum absolute atomic E-state index is 11.2. The van der Waals surface area contributed by atoms with Gasteiger partial charge in [-0.2, -0.15) is 0 Å². The third-order valence-corrected chi connectivity index (χ3v) is 2.65. The smallest absolute Gasteiger partial charge is 0.307 e. The summed E-state index contributed by atoms with van der Waals surface area (Å²) in [7, 11) is 1.33. The molecular weight excluding hydrogens is 313 g/mol. The molecule has 0 spiro atoms. The molecule has 0 radical (unpaired) electrons. The maximum Gasteiger partial charge on any atom is 0.307 e. The second kappa shape index (κ2) is 5.69. The second-order valence-electron chi connectivity index (χ2n) is 2.65. The Morgan fingerprint density at radius 3 is 3.13 bits per heavy atom. The zero-order valence-electron chi connectivity index (χ0n) is 8.04. The van der Waals surface area contributed by atoms with E-state index in [-0.39, 0.29) is 17.9 Å². The molecule has 0 atom stereocenters. The van der Waals surface area contributed by atoms with E-state index in [4.69, 9.17) is 0 Å². The van der Waals surface area contributed by atoms with Crippen molar-refractivity contribution in [2.45, 2.75) is 6.42 Å². The van der Waals surface area contributed by atoms with E-state index in [1.165, 1.54) is 13.4 Å². The molecule has 0 unspecified atom stereocenters. The van der Waals surface area contributed by atoms with Crippen LogP contribution in [0.4, 0.5) is 5.82 Å². The summed E-state index contributed by atoms with van der Waals surface area (Å²) in [5.74, 6) is 0.172. The van der Waals surface area contributed by atoms with Crippen molar-refractivity contribution in [1.82, 2.24) is 9.97 Å². The first-order valence-electron chi connectivity index (χ1n) is 4.19. The zero-order valence-corrected chi connectivity index (χ0v) is 10.2. The van der Waals surface area contributed by atoms with Gasteiger partial charge in [0, 0.05) is 6.54 Å². The van der Waals surface area contributed by atoms with E-state index >= 15 is 0 Å². The van der Waals surface area contributed by atoms with Gasteiger partial charge in [-0.05, 0) is 22.6 Å². The van der Waals surface area contributed by atoms with Crippen LogP contribution in [0.15, 0.2) is 11.1 Å². The fourth-order valence-corrected chi connectivity index (χ4v) is 1.38. The van der Waals surface area contributed by atoms with Crippen molar-refractivity contribution in [3.8, 4) is 0 Å². The Bertz CT molecular complexity index is 404. The molecule has 0 aliphatic rings. The lowest BCUT2D eigenvalue weighted by atomic mass is 10.4. The number of halogens is 1. The summed E-state index contributed by atoms with van der Waals surface area (Å²) in [6.45, 7) is 0.388. The first-order chi connectivity index (χ1) is 7.15.